The van der Waals surface area contributed by atoms with Gasteiger partial charge in [-0.15, -0.1) is 0 Å². The van der Waals surface area contributed by atoms with E-state index >= 15 is 0 Å². The van der Waals surface area contributed by atoms with Crippen LogP contribution in [0.25, 0.3) is 0 Å². The van der Waals surface area contributed by atoms with Crippen LogP contribution in [0.1, 0.15) is 18.1 Å². The van der Waals surface area contributed by atoms with Crippen molar-refractivity contribution in [3.05, 3.63) is 52.5 Å². The number of hydrogen-bond acceptors (Lipinski definition) is 4. The van der Waals surface area contributed by atoms with Crippen LogP contribution in [-0.4, -0.2) is 30.7 Å². The number of likely N-dealkylation sites (N-methyl/N-ethyl adjacent to an activating group) is 1. The van der Waals surface area contributed by atoms with E-state index in [2.05, 4.69) is 5.32 Å². The minimum Gasteiger partial charge on any atom is -0.454 e. The number of fused-ring (bicyclic) bond motifs is 1. The van der Waals surface area contributed by atoms with Gasteiger partial charge in [0.1, 0.15) is 0 Å². The lowest BCUT2D eigenvalue weighted by atomic mass is 10.1. The summed E-state index contributed by atoms with van der Waals surface area (Å²) in [7, 11) is 1.92. The Morgan fingerprint density at radius 3 is 2.84 bits per heavy atom. The molecule has 1 amide bonds. The minimum absolute atomic E-state index is 0.0754. The monoisotopic (exact) mass is 360 g/mol. The van der Waals surface area contributed by atoms with Crippen LogP contribution in [0.5, 0.6) is 11.5 Å². The third-order valence-electron chi connectivity index (χ3n) is 4.44. The van der Waals surface area contributed by atoms with Gasteiger partial charge in [-0.05, 0) is 56.3 Å². The molecule has 5 nitrogen and oxygen atoms in total. The number of hydrogen-bond donors (Lipinski definition) is 1. The van der Waals surface area contributed by atoms with Crippen LogP contribution in [0.2, 0.25) is 5.02 Å². The standard InChI is InChI=1S/C19H21ClN2O3/c1-12-15(20)5-4-6-16(12)21-19(23)13(2)22(3)10-14-7-8-17-18(9-14)25-11-24-17/h4-9,13H,10-11H2,1-3H3,(H,21,23). The van der Waals surface area contributed by atoms with E-state index in [-0.39, 0.29) is 18.7 Å². The van der Waals surface area contributed by atoms with E-state index in [1.165, 1.54) is 0 Å². The van der Waals surface area contributed by atoms with E-state index in [4.69, 9.17) is 21.1 Å². The predicted octanol–water partition coefficient (Wildman–Crippen LogP) is 3.84. The summed E-state index contributed by atoms with van der Waals surface area (Å²) >= 11 is 6.11. The zero-order valence-electron chi connectivity index (χ0n) is 14.5. The summed E-state index contributed by atoms with van der Waals surface area (Å²) in [5.41, 5.74) is 2.66. The molecule has 3 rings (SSSR count). The molecule has 2 aromatic carbocycles. The van der Waals surface area contributed by atoms with E-state index in [0.717, 1.165) is 28.3 Å². The number of halogens is 1. The lowest BCUT2D eigenvalue weighted by molar-refractivity contribution is -0.120. The normalized spacial score (nSPS) is 13.8. The number of carbonyl (C=O) groups excluding carboxylic acids is 1. The van der Waals surface area contributed by atoms with E-state index in [1.54, 1.807) is 0 Å². The van der Waals surface area contributed by atoms with Gasteiger partial charge >= 0.3 is 0 Å². The van der Waals surface area contributed by atoms with Gasteiger partial charge in [0.05, 0.1) is 6.04 Å². The Morgan fingerprint density at radius 1 is 1.28 bits per heavy atom. The van der Waals surface area contributed by atoms with Crippen LogP contribution < -0.4 is 14.8 Å². The Balaban J connectivity index is 1.64. The van der Waals surface area contributed by atoms with Crippen molar-refractivity contribution in [2.24, 2.45) is 0 Å². The van der Waals surface area contributed by atoms with Gasteiger partial charge in [-0.25, -0.2) is 0 Å². The van der Waals surface area contributed by atoms with Gasteiger partial charge in [0.15, 0.2) is 11.5 Å². The Morgan fingerprint density at radius 2 is 2.04 bits per heavy atom. The Hall–Kier alpha value is -2.24. The van der Waals surface area contributed by atoms with E-state index in [1.807, 2.05) is 62.2 Å². The van der Waals surface area contributed by atoms with Crippen molar-refractivity contribution in [1.29, 1.82) is 0 Å². The molecule has 25 heavy (non-hydrogen) atoms. The van der Waals surface area contributed by atoms with E-state index in [0.29, 0.717) is 11.6 Å². The van der Waals surface area contributed by atoms with Gasteiger partial charge in [-0.1, -0.05) is 23.7 Å². The van der Waals surface area contributed by atoms with Crippen LogP contribution in [0.3, 0.4) is 0 Å². The first-order valence-electron chi connectivity index (χ1n) is 8.10. The van der Waals surface area contributed by atoms with Crippen LogP contribution >= 0.6 is 11.6 Å². The van der Waals surface area contributed by atoms with Crippen LogP contribution in [-0.2, 0) is 11.3 Å². The summed E-state index contributed by atoms with van der Waals surface area (Å²) < 4.78 is 10.7. The van der Waals surface area contributed by atoms with E-state index in [9.17, 15) is 4.79 Å². The zero-order valence-corrected chi connectivity index (χ0v) is 15.3. The summed E-state index contributed by atoms with van der Waals surface area (Å²) in [6, 6.07) is 11.0. The topological polar surface area (TPSA) is 50.8 Å². The molecule has 0 spiro atoms. The summed E-state index contributed by atoms with van der Waals surface area (Å²) in [6.07, 6.45) is 0. The van der Waals surface area contributed by atoms with Gasteiger partial charge in [0.25, 0.3) is 0 Å². The fraction of sp³-hybridized carbons (Fsp3) is 0.316. The van der Waals surface area contributed by atoms with Crippen molar-refractivity contribution >= 4 is 23.2 Å². The average molecular weight is 361 g/mol. The molecule has 0 fully saturated rings. The van der Waals surface area contributed by atoms with Gasteiger partial charge in [-0.2, -0.15) is 0 Å². The number of rotatable bonds is 5. The number of nitrogens with one attached hydrogen (secondary N) is 1. The van der Waals surface area contributed by atoms with Gasteiger partial charge in [-0.3, -0.25) is 9.69 Å². The first kappa shape index (κ1) is 17.6. The molecular weight excluding hydrogens is 340 g/mol. The SMILES string of the molecule is Cc1c(Cl)cccc1NC(=O)C(C)N(C)Cc1ccc2c(c1)OCO2. The highest BCUT2D eigenvalue weighted by molar-refractivity contribution is 6.31. The second-order valence-electron chi connectivity index (χ2n) is 6.18. The van der Waals surface area contributed by atoms with Crippen LogP contribution in [0.4, 0.5) is 5.69 Å². The molecule has 0 saturated carbocycles. The molecule has 1 unspecified atom stereocenters. The summed E-state index contributed by atoms with van der Waals surface area (Å²) in [5.74, 6) is 1.43. The first-order valence-corrected chi connectivity index (χ1v) is 8.48. The van der Waals surface area contributed by atoms with Gasteiger partial charge < -0.3 is 14.8 Å². The molecule has 1 heterocycles. The number of anilines is 1. The molecule has 0 radical (unpaired) electrons. The molecule has 1 atom stereocenters. The van der Waals surface area contributed by atoms with Crippen LogP contribution in [0, 0.1) is 6.92 Å². The Bertz CT molecular complexity index is 794. The molecule has 1 aliphatic rings. The number of amides is 1. The van der Waals surface area contributed by atoms with Crippen molar-refractivity contribution in [2.45, 2.75) is 26.4 Å². The second-order valence-corrected chi connectivity index (χ2v) is 6.59. The van der Waals surface area contributed by atoms with Crippen molar-refractivity contribution in [3.63, 3.8) is 0 Å². The molecule has 0 aromatic heterocycles. The third kappa shape index (κ3) is 3.89. The summed E-state index contributed by atoms with van der Waals surface area (Å²) in [5, 5.41) is 3.59. The highest BCUT2D eigenvalue weighted by Gasteiger charge is 2.20. The Kier molecular flexibility index (Phi) is 5.16. The molecule has 2 aromatic rings. The van der Waals surface area contributed by atoms with Crippen molar-refractivity contribution in [2.75, 3.05) is 19.2 Å². The van der Waals surface area contributed by atoms with Gasteiger partial charge in [0.2, 0.25) is 12.7 Å². The number of benzene rings is 2. The lowest BCUT2D eigenvalue weighted by Crippen LogP contribution is -2.39. The van der Waals surface area contributed by atoms with Crippen molar-refractivity contribution in [1.82, 2.24) is 4.90 Å². The summed E-state index contributed by atoms with van der Waals surface area (Å²) in [6.45, 7) is 4.65. The third-order valence-corrected chi connectivity index (χ3v) is 4.84. The molecule has 0 bridgehead atoms. The average Bonchev–Trinajstić information content (AvgIpc) is 3.06. The molecule has 1 N–H and O–H groups in total. The van der Waals surface area contributed by atoms with Crippen LogP contribution in [0.15, 0.2) is 36.4 Å². The lowest BCUT2D eigenvalue weighted by Gasteiger charge is -2.24. The molecule has 0 aliphatic carbocycles. The quantitative estimate of drug-likeness (QED) is 0.880. The maximum absolute atomic E-state index is 12.6. The predicted molar refractivity (Wildman–Crippen MR) is 98.3 cm³/mol. The first-order chi connectivity index (χ1) is 12.0. The smallest absolute Gasteiger partial charge is 0.241 e. The van der Waals surface area contributed by atoms with Crippen molar-refractivity contribution < 1.29 is 14.3 Å². The number of ether oxygens (including phenoxy) is 2. The fourth-order valence-corrected chi connectivity index (χ4v) is 2.82. The minimum atomic E-state index is -0.302. The highest BCUT2D eigenvalue weighted by Crippen LogP contribution is 2.32. The molecular formula is C19H21ClN2O3. The zero-order chi connectivity index (χ0) is 18.0. The molecule has 6 heteroatoms. The van der Waals surface area contributed by atoms with E-state index < -0.39 is 0 Å². The highest BCUT2D eigenvalue weighted by atomic mass is 35.5. The molecule has 132 valence electrons. The fourth-order valence-electron chi connectivity index (χ4n) is 2.64. The number of carbonyl (C=O) groups is 1. The largest absolute Gasteiger partial charge is 0.454 e. The van der Waals surface area contributed by atoms with Gasteiger partial charge in [0, 0.05) is 17.3 Å². The number of nitrogens with zero attached hydrogens (tertiary/aromatic N) is 1. The summed E-state index contributed by atoms with van der Waals surface area (Å²) in [4.78, 5) is 14.5. The molecule has 1 aliphatic heterocycles. The van der Waals surface area contributed by atoms with Crippen molar-refractivity contribution in [3.8, 4) is 11.5 Å². The maximum atomic E-state index is 12.6. The Labute approximate surface area is 152 Å². The molecule has 0 saturated heterocycles. The maximum Gasteiger partial charge on any atom is 0.241 e. The second kappa shape index (κ2) is 7.33.